The largest absolute Gasteiger partial charge is 0.355 e. The molecule has 1 amide bonds. The third-order valence-corrected chi connectivity index (χ3v) is 4.60. The van der Waals surface area contributed by atoms with Gasteiger partial charge in [-0.05, 0) is 17.9 Å². The lowest BCUT2D eigenvalue weighted by Crippen LogP contribution is -2.41. The average Bonchev–Trinajstić information content (AvgIpc) is 3.17. The van der Waals surface area contributed by atoms with Crippen molar-refractivity contribution in [3.63, 3.8) is 0 Å². The second-order valence-corrected chi connectivity index (χ2v) is 6.23. The van der Waals surface area contributed by atoms with Gasteiger partial charge in [0.15, 0.2) is 5.66 Å². The number of benzene rings is 1. The number of carbonyl (C=O) groups is 1. The molecule has 1 aromatic rings. The first-order chi connectivity index (χ1) is 11.2. The molecular formula is C18H22N4O. The number of nitrogens with one attached hydrogen (secondary N) is 2. The molecule has 0 aliphatic carbocycles. The van der Waals surface area contributed by atoms with Crippen LogP contribution in [-0.4, -0.2) is 30.7 Å². The first-order valence-electron chi connectivity index (χ1n) is 8.16. The molecule has 2 aliphatic heterocycles. The lowest BCUT2D eigenvalue weighted by Gasteiger charge is -2.13. The Hall–Kier alpha value is -2.19. The Morgan fingerprint density at radius 3 is 2.83 bits per heavy atom. The molecule has 0 radical (unpaired) electrons. The van der Waals surface area contributed by atoms with Crippen LogP contribution in [0.1, 0.15) is 37.2 Å². The third kappa shape index (κ3) is 3.96. The number of rotatable bonds is 7. The first kappa shape index (κ1) is 15.7. The zero-order valence-corrected chi connectivity index (χ0v) is 13.2. The molecule has 1 saturated heterocycles. The molecule has 0 saturated carbocycles. The standard InChI is InChI=1S/C18H22N4O/c1-2-3-9-18(21-22-18)10-11-19-17(23)16-12-15(13-20-16)14-7-5-4-6-8-14/h1,4-8,15-16,20H,3,9-13H2,(H,19,23)/t15-,16-/m0/s1. The van der Waals surface area contributed by atoms with Crippen LogP contribution in [0.25, 0.3) is 0 Å². The van der Waals surface area contributed by atoms with E-state index in [0.29, 0.717) is 18.9 Å². The predicted octanol–water partition coefficient (Wildman–Crippen LogP) is 2.21. The lowest BCUT2D eigenvalue weighted by molar-refractivity contribution is -0.122. The van der Waals surface area contributed by atoms with Crippen molar-refractivity contribution >= 4 is 5.91 Å². The molecule has 0 unspecified atom stereocenters. The highest BCUT2D eigenvalue weighted by atomic mass is 16.2. The summed E-state index contributed by atoms with van der Waals surface area (Å²) in [4.78, 5) is 12.3. The number of amides is 1. The van der Waals surface area contributed by atoms with Crippen molar-refractivity contribution in [3.05, 3.63) is 35.9 Å². The average molecular weight is 310 g/mol. The van der Waals surface area contributed by atoms with Gasteiger partial charge in [0.1, 0.15) is 0 Å². The smallest absolute Gasteiger partial charge is 0.237 e. The number of terminal acetylenes is 1. The van der Waals surface area contributed by atoms with E-state index in [1.165, 1.54) is 5.56 Å². The van der Waals surface area contributed by atoms with Crippen LogP contribution in [-0.2, 0) is 4.79 Å². The Balaban J connectivity index is 1.41. The minimum absolute atomic E-state index is 0.0659. The van der Waals surface area contributed by atoms with Crippen LogP contribution in [0.15, 0.2) is 40.6 Å². The summed E-state index contributed by atoms with van der Waals surface area (Å²) in [7, 11) is 0. The molecule has 0 bridgehead atoms. The predicted molar refractivity (Wildman–Crippen MR) is 88.9 cm³/mol. The molecule has 2 atom stereocenters. The van der Waals surface area contributed by atoms with Gasteiger partial charge < -0.3 is 10.6 Å². The number of hydrogen-bond donors (Lipinski definition) is 2. The number of hydrogen-bond acceptors (Lipinski definition) is 4. The minimum Gasteiger partial charge on any atom is -0.355 e. The molecule has 23 heavy (non-hydrogen) atoms. The molecule has 0 spiro atoms. The normalized spacial score (nSPS) is 24.1. The summed E-state index contributed by atoms with van der Waals surface area (Å²) < 4.78 is 0. The van der Waals surface area contributed by atoms with Crippen LogP contribution in [0.3, 0.4) is 0 Å². The van der Waals surface area contributed by atoms with Crippen LogP contribution >= 0.6 is 0 Å². The molecule has 120 valence electrons. The highest BCUT2D eigenvalue weighted by molar-refractivity contribution is 5.82. The number of carbonyl (C=O) groups excluding carboxylic acids is 1. The van der Waals surface area contributed by atoms with Gasteiger partial charge in [-0.3, -0.25) is 4.79 Å². The summed E-state index contributed by atoms with van der Waals surface area (Å²) in [5, 5.41) is 14.5. The molecule has 1 fully saturated rings. The van der Waals surface area contributed by atoms with E-state index in [1.807, 2.05) is 18.2 Å². The van der Waals surface area contributed by atoms with Gasteiger partial charge in [0, 0.05) is 32.4 Å². The Morgan fingerprint density at radius 2 is 2.13 bits per heavy atom. The van der Waals surface area contributed by atoms with Crippen LogP contribution in [0.5, 0.6) is 0 Å². The zero-order chi connectivity index (χ0) is 16.1. The van der Waals surface area contributed by atoms with Crippen LogP contribution in [0.2, 0.25) is 0 Å². The highest BCUT2D eigenvalue weighted by Gasteiger charge is 2.39. The van der Waals surface area contributed by atoms with E-state index >= 15 is 0 Å². The summed E-state index contributed by atoms with van der Waals surface area (Å²) in [6.45, 7) is 1.43. The van der Waals surface area contributed by atoms with E-state index in [1.54, 1.807) is 0 Å². The molecule has 0 aromatic heterocycles. The third-order valence-electron chi connectivity index (χ3n) is 4.60. The molecule has 2 N–H and O–H groups in total. The van der Waals surface area contributed by atoms with E-state index in [9.17, 15) is 4.79 Å². The van der Waals surface area contributed by atoms with Crippen molar-refractivity contribution in [2.24, 2.45) is 10.2 Å². The summed E-state index contributed by atoms with van der Waals surface area (Å²) in [5.41, 5.74) is 0.967. The van der Waals surface area contributed by atoms with Crippen molar-refractivity contribution in [2.75, 3.05) is 13.1 Å². The fourth-order valence-electron chi connectivity index (χ4n) is 3.09. The highest BCUT2D eigenvalue weighted by Crippen LogP contribution is 2.36. The lowest BCUT2D eigenvalue weighted by atomic mass is 9.96. The Bertz CT molecular complexity index is 614. The fourth-order valence-corrected chi connectivity index (χ4v) is 3.09. The number of nitrogens with zero attached hydrogens (tertiary/aromatic N) is 2. The van der Waals surface area contributed by atoms with Gasteiger partial charge in [-0.2, -0.15) is 10.2 Å². The van der Waals surface area contributed by atoms with Crippen molar-refractivity contribution < 1.29 is 4.79 Å². The van der Waals surface area contributed by atoms with E-state index in [2.05, 4.69) is 38.9 Å². The maximum Gasteiger partial charge on any atom is 0.237 e. The maximum absolute atomic E-state index is 12.3. The Kier molecular flexibility index (Phi) is 4.73. The first-order valence-corrected chi connectivity index (χ1v) is 8.16. The van der Waals surface area contributed by atoms with Gasteiger partial charge in [0.2, 0.25) is 5.91 Å². The zero-order valence-electron chi connectivity index (χ0n) is 13.2. The minimum atomic E-state index is -0.324. The quantitative estimate of drug-likeness (QED) is 0.758. The van der Waals surface area contributed by atoms with Gasteiger partial charge in [-0.15, -0.1) is 12.3 Å². The Labute approximate surface area is 137 Å². The summed E-state index contributed by atoms with van der Waals surface area (Å²) in [6.07, 6.45) is 8.29. The topological polar surface area (TPSA) is 65.8 Å². The molecule has 5 heteroatoms. The summed E-state index contributed by atoms with van der Waals surface area (Å²) in [6, 6.07) is 10.2. The summed E-state index contributed by atoms with van der Waals surface area (Å²) >= 11 is 0. The summed E-state index contributed by atoms with van der Waals surface area (Å²) in [5.74, 6) is 3.08. The van der Waals surface area contributed by atoms with Crippen LogP contribution in [0.4, 0.5) is 0 Å². The van der Waals surface area contributed by atoms with Crippen LogP contribution in [0, 0.1) is 12.3 Å². The van der Waals surface area contributed by atoms with Crippen molar-refractivity contribution in [1.29, 1.82) is 0 Å². The molecule has 3 rings (SSSR count). The van der Waals surface area contributed by atoms with Gasteiger partial charge in [0.05, 0.1) is 6.04 Å². The molecular weight excluding hydrogens is 288 g/mol. The second kappa shape index (κ2) is 6.93. The van der Waals surface area contributed by atoms with E-state index in [-0.39, 0.29) is 17.6 Å². The maximum atomic E-state index is 12.3. The van der Waals surface area contributed by atoms with E-state index < -0.39 is 0 Å². The molecule has 5 nitrogen and oxygen atoms in total. The van der Waals surface area contributed by atoms with Crippen molar-refractivity contribution in [2.45, 2.75) is 43.3 Å². The van der Waals surface area contributed by atoms with Gasteiger partial charge in [-0.25, -0.2) is 0 Å². The molecule has 1 aromatic carbocycles. The van der Waals surface area contributed by atoms with E-state index in [0.717, 1.165) is 25.8 Å². The van der Waals surface area contributed by atoms with Gasteiger partial charge in [-0.1, -0.05) is 30.3 Å². The van der Waals surface area contributed by atoms with Gasteiger partial charge >= 0.3 is 0 Å². The monoisotopic (exact) mass is 310 g/mol. The van der Waals surface area contributed by atoms with Gasteiger partial charge in [0.25, 0.3) is 0 Å². The SMILES string of the molecule is C#CCCC1(CCNC(=O)[C@@H]2C[C@H](c3ccccc3)CN2)N=N1. The van der Waals surface area contributed by atoms with Crippen LogP contribution < -0.4 is 10.6 Å². The molecule has 2 heterocycles. The van der Waals surface area contributed by atoms with Crippen molar-refractivity contribution in [3.8, 4) is 12.3 Å². The molecule has 2 aliphatic rings. The Morgan fingerprint density at radius 1 is 1.35 bits per heavy atom. The van der Waals surface area contributed by atoms with Crippen molar-refractivity contribution in [1.82, 2.24) is 10.6 Å². The fraction of sp³-hybridized carbons (Fsp3) is 0.500. The van der Waals surface area contributed by atoms with E-state index in [4.69, 9.17) is 6.42 Å². The second-order valence-electron chi connectivity index (χ2n) is 6.23.